The molecule has 2 amide bonds. The molecule has 0 radical (unpaired) electrons. The highest BCUT2D eigenvalue weighted by molar-refractivity contribution is 5.95. The van der Waals surface area contributed by atoms with Crippen LogP contribution in [0.4, 0.5) is 11.4 Å². The van der Waals surface area contributed by atoms with E-state index in [2.05, 4.69) is 10.6 Å². The zero-order valence-electron chi connectivity index (χ0n) is 22.5. The van der Waals surface area contributed by atoms with E-state index in [1.54, 1.807) is 0 Å². The van der Waals surface area contributed by atoms with Crippen LogP contribution >= 0.6 is 0 Å². The fourth-order valence-electron chi connectivity index (χ4n) is 5.89. The first-order valence-electron chi connectivity index (χ1n) is 13.4. The molecule has 0 bridgehead atoms. The lowest BCUT2D eigenvalue weighted by molar-refractivity contribution is -0.902. The summed E-state index contributed by atoms with van der Waals surface area (Å²) >= 11 is 0. The van der Waals surface area contributed by atoms with Gasteiger partial charge in [-0.2, -0.15) is 0 Å². The Labute approximate surface area is 220 Å². The van der Waals surface area contributed by atoms with Crippen molar-refractivity contribution >= 4 is 23.2 Å². The summed E-state index contributed by atoms with van der Waals surface area (Å²) in [5.74, 6) is -0.502. The lowest BCUT2D eigenvalue weighted by Gasteiger charge is -2.46. The van der Waals surface area contributed by atoms with Crippen molar-refractivity contribution in [3.63, 3.8) is 0 Å². The molecule has 8 heteroatoms. The number of quaternary nitrogens is 2. The Morgan fingerprint density at radius 3 is 1.57 bits per heavy atom. The second-order valence-electron chi connectivity index (χ2n) is 11.1. The van der Waals surface area contributed by atoms with Gasteiger partial charge in [-0.3, -0.25) is 9.59 Å². The number of anilines is 2. The number of hydrogen-bond donors (Lipinski definition) is 2. The molecule has 2 aromatic carbocycles. The van der Waals surface area contributed by atoms with Crippen LogP contribution < -0.4 is 10.6 Å². The standard InChI is InChI=1S/C29H40N4O4/c1-20-10-12-22(3)24(18-20)30-28(34)26-8-5-14-32(26,36)16-7-17-33(37)15-6-9-27(33)29(35)31-25-19-21(2)11-13-23(25)4/h10-13,18-19,26-27H,5-9,14-17H2,1-4H3,(H,30,34)(H,31,35)/t26-,27-,32?,33?/m0/s1. The summed E-state index contributed by atoms with van der Waals surface area (Å²) in [7, 11) is 0. The molecule has 0 saturated carbocycles. The molecule has 200 valence electrons. The minimum absolute atomic E-state index is 0.207. The van der Waals surface area contributed by atoms with Crippen molar-refractivity contribution in [3.8, 4) is 0 Å². The summed E-state index contributed by atoms with van der Waals surface area (Å²) in [6.07, 6.45) is 2.84. The van der Waals surface area contributed by atoms with Crippen molar-refractivity contribution in [2.75, 3.05) is 36.8 Å². The van der Waals surface area contributed by atoms with Gasteiger partial charge in [0.2, 0.25) is 0 Å². The van der Waals surface area contributed by atoms with E-state index in [0.29, 0.717) is 45.2 Å². The Morgan fingerprint density at radius 1 is 0.757 bits per heavy atom. The van der Waals surface area contributed by atoms with Gasteiger partial charge in [0, 0.05) is 43.5 Å². The van der Waals surface area contributed by atoms with Crippen LogP contribution in [0.5, 0.6) is 0 Å². The molecule has 2 aromatic rings. The molecule has 37 heavy (non-hydrogen) atoms. The van der Waals surface area contributed by atoms with Gasteiger partial charge in [-0.15, -0.1) is 0 Å². The van der Waals surface area contributed by atoms with Crippen LogP contribution in [0.15, 0.2) is 36.4 Å². The van der Waals surface area contributed by atoms with E-state index >= 15 is 0 Å². The summed E-state index contributed by atoms with van der Waals surface area (Å²) in [6, 6.07) is 10.4. The van der Waals surface area contributed by atoms with E-state index in [0.717, 1.165) is 33.6 Å². The van der Waals surface area contributed by atoms with E-state index in [-0.39, 0.29) is 24.9 Å². The van der Waals surface area contributed by atoms with Gasteiger partial charge < -0.3 is 30.3 Å². The van der Waals surface area contributed by atoms with Crippen molar-refractivity contribution in [2.24, 2.45) is 0 Å². The van der Waals surface area contributed by atoms with E-state index in [1.165, 1.54) is 0 Å². The Bertz CT molecular complexity index is 1080. The molecule has 2 unspecified atom stereocenters. The molecule has 0 aliphatic carbocycles. The molecule has 4 atom stereocenters. The van der Waals surface area contributed by atoms with Crippen LogP contribution in [0.2, 0.25) is 0 Å². The van der Waals surface area contributed by atoms with Gasteiger partial charge in [0.15, 0.2) is 12.1 Å². The zero-order chi connectivity index (χ0) is 26.8. The maximum Gasteiger partial charge on any atom is 0.283 e. The largest absolute Gasteiger partial charge is 0.632 e. The van der Waals surface area contributed by atoms with Crippen molar-refractivity contribution in [1.82, 2.24) is 0 Å². The van der Waals surface area contributed by atoms with Gasteiger partial charge in [-0.25, -0.2) is 0 Å². The number of hydroxylamine groups is 6. The molecule has 2 aliphatic heterocycles. The highest BCUT2D eigenvalue weighted by Gasteiger charge is 2.43. The van der Waals surface area contributed by atoms with Gasteiger partial charge in [0.05, 0.1) is 26.2 Å². The monoisotopic (exact) mass is 508 g/mol. The third-order valence-electron chi connectivity index (χ3n) is 8.14. The van der Waals surface area contributed by atoms with Crippen molar-refractivity contribution < 1.29 is 18.9 Å². The van der Waals surface area contributed by atoms with Crippen LogP contribution in [0, 0.1) is 38.1 Å². The average Bonchev–Trinajstić information content (AvgIpc) is 3.41. The lowest BCUT2D eigenvalue weighted by Crippen LogP contribution is -2.55. The number of nitrogens with one attached hydrogen (secondary N) is 2. The van der Waals surface area contributed by atoms with Gasteiger partial charge in [0.25, 0.3) is 11.8 Å². The third kappa shape index (κ3) is 6.04. The summed E-state index contributed by atoms with van der Waals surface area (Å²) in [6.45, 7) is 8.96. The second-order valence-corrected chi connectivity index (χ2v) is 11.1. The summed E-state index contributed by atoms with van der Waals surface area (Å²) < 4.78 is -1.20. The molecule has 0 spiro atoms. The Hall–Kier alpha value is -2.78. The third-order valence-corrected chi connectivity index (χ3v) is 8.14. The number of likely N-dealkylation sites (tertiary alicyclic amines) is 2. The summed E-state index contributed by atoms with van der Waals surface area (Å²) in [5, 5.41) is 33.4. The number of rotatable bonds is 8. The first-order valence-corrected chi connectivity index (χ1v) is 13.4. The van der Waals surface area contributed by atoms with Crippen LogP contribution in [0.3, 0.4) is 0 Å². The van der Waals surface area contributed by atoms with Crippen molar-refractivity contribution in [3.05, 3.63) is 69.1 Å². The Morgan fingerprint density at radius 2 is 1.16 bits per heavy atom. The summed E-state index contributed by atoms with van der Waals surface area (Å²) in [5.41, 5.74) is 5.48. The highest BCUT2D eigenvalue weighted by Crippen LogP contribution is 2.31. The van der Waals surface area contributed by atoms with Crippen molar-refractivity contribution in [1.29, 1.82) is 0 Å². The predicted octanol–water partition coefficient (Wildman–Crippen LogP) is 4.84. The number of carbonyl (C=O) groups excluding carboxylic acids is 2. The molecule has 2 saturated heterocycles. The van der Waals surface area contributed by atoms with Crippen LogP contribution in [-0.2, 0) is 9.59 Å². The Balaban J connectivity index is 1.37. The summed E-state index contributed by atoms with van der Waals surface area (Å²) in [4.78, 5) is 26.2. The minimum Gasteiger partial charge on any atom is -0.632 e. The minimum atomic E-state index is -0.679. The van der Waals surface area contributed by atoms with E-state index < -0.39 is 21.4 Å². The number of carbonyl (C=O) groups is 2. The van der Waals surface area contributed by atoms with Crippen LogP contribution in [0.1, 0.15) is 54.4 Å². The van der Waals surface area contributed by atoms with E-state index in [4.69, 9.17) is 0 Å². The van der Waals surface area contributed by atoms with Gasteiger partial charge in [-0.1, -0.05) is 24.3 Å². The second kappa shape index (κ2) is 10.9. The van der Waals surface area contributed by atoms with Gasteiger partial charge in [0.1, 0.15) is 0 Å². The van der Waals surface area contributed by atoms with Crippen molar-refractivity contribution in [2.45, 2.75) is 71.9 Å². The first kappa shape index (κ1) is 27.3. The molecule has 2 heterocycles. The smallest absolute Gasteiger partial charge is 0.283 e. The number of benzene rings is 2. The van der Waals surface area contributed by atoms with Gasteiger partial charge in [-0.05, 0) is 62.1 Å². The fourth-order valence-corrected chi connectivity index (χ4v) is 5.89. The molecule has 2 fully saturated rings. The number of aryl methyl sites for hydroxylation is 4. The number of nitrogens with zero attached hydrogens (tertiary/aromatic N) is 2. The molecule has 2 aliphatic rings. The molecular weight excluding hydrogens is 468 g/mol. The van der Waals surface area contributed by atoms with Crippen LogP contribution in [-0.4, -0.2) is 59.4 Å². The molecule has 2 N–H and O–H groups in total. The maximum atomic E-state index is 13.7. The highest BCUT2D eigenvalue weighted by atomic mass is 16.6. The van der Waals surface area contributed by atoms with Crippen LogP contribution in [0.25, 0.3) is 0 Å². The quantitative estimate of drug-likeness (QED) is 0.393. The normalized spacial score (nSPS) is 27.3. The Kier molecular flexibility index (Phi) is 8.04. The molecule has 8 nitrogen and oxygen atoms in total. The lowest BCUT2D eigenvalue weighted by atomic mass is 10.1. The van der Waals surface area contributed by atoms with E-state index in [9.17, 15) is 20.0 Å². The molecule has 4 rings (SSSR count). The molecular formula is C29H40N4O4. The van der Waals surface area contributed by atoms with Gasteiger partial charge >= 0.3 is 0 Å². The maximum absolute atomic E-state index is 13.7. The van der Waals surface area contributed by atoms with E-state index in [1.807, 2.05) is 64.1 Å². The topological polar surface area (TPSA) is 104 Å². The number of hydrogen-bond acceptors (Lipinski definition) is 4. The first-order chi connectivity index (χ1) is 17.5. The average molecular weight is 509 g/mol. The predicted molar refractivity (Wildman–Crippen MR) is 146 cm³/mol. The fraction of sp³-hybridized carbons (Fsp3) is 0.517. The number of amides is 2. The molecule has 0 aromatic heterocycles. The SMILES string of the molecule is Cc1ccc(C)c(NC(=O)[C@@H]2CCC[N+]2([O-])CCC[N+]2([O-])CCC[C@H]2C(=O)Nc2cc(C)ccc2C)c1. The zero-order valence-corrected chi connectivity index (χ0v) is 22.5.